The van der Waals surface area contributed by atoms with E-state index in [4.69, 9.17) is 16.9 Å². The molecular weight excluding hydrogens is 306 g/mol. The Morgan fingerprint density at radius 1 is 1.50 bits per heavy atom. The first-order valence-corrected chi connectivity index (χ1v) is 6.52. The van der Waals surface area contributed by atoms with E-state index >= 15 is 0 Å². The lowest BCUT2D eigenvalue weighted by Gasteiger charge is -2.12. The predicted molar refractivity (Wildman–Crippen MR) is 80.9 cm³/mol. The van der Waals surface area contributed by atoms with Gasteiger partial charge in [-0.1, -0.05) is 11.6 Å². The number of H-pyrrole nitrogens is 1. The van der Waals surface area contributed by atoms with Crippen molar-refractivity contribution in [2.24, 2.45) is 0 Å². The molecule has 112 valence electrons. The minimum atomic E-state index is -0.184. The molecule has 9 heteroatoms. The summed E-state index contributed by atoms with van der Waals surface area (Å²) in [6, 6.07) is 6.85. The van der Waals surface area contributed by atoms with Crippen molar-refractivity contribution in [1.29, 1.82) is 5.26 Å². The van der Waals surface area contributed by atoms with Gasteiger partial charge < -0.3 is 10.2 Å². The van der Waals surface area contributed by atoms with Gasteiger partial charge in [-0.05, 0) is 23.4 Å². The number of rotatable bonds is 4. The van der Waals surface area contributed by atoms with Gasteiger partial charge in [0.25, 0.3) is 5.91 Å². The third kappa shape index (κ3) is 3.39. The fourth-order valence-electron chi connectivity index (χ4n) is 1.60. The summed E-state index contributed by atoms with van der Waals surface area (Å²) in [6.45, 7) is 0. The molecule has 22 heavy (non-hydrogen) atoms. The van der Waals surface area contributed by atoms with E-state index in [0.717, 1.165) is 0 Å². The topological polar surface area (TPSA) is 111 Å². The van der Waals surface area contributed by atoms with Crippen LogP contribution >= 0.6 is 11.6 Å². The summed E-state index contributed by atoms with van der Waals surface area (Å²) in [5.74, 6) is -0.00268. The van der Waals surface area contributed by atoms with Crippen LogP contribution in [0, 0.1) is 11.3 Å². The normalized spacial score (nSPS) is 10.9. The van der Waals surface area contributed by atoms with Gasteiger partial charge >= 0.3 is 0 Å². The summed E-state index contributed by atoms with van der Waals surface area (Å²) in [4.78, 5) is 13.3. The van der Waals surface area contributed by atoms with Crippen LogP contribution in [0.3, 0.4) is 0 Å². The molecule has 2 aromatic rings. The van der Waals surface area contributed by atoms with E-state index in [-0.39, 0.29) is 17.3 Å². The first-order valence-electron chi connectivity index (χ1n) is 6.14. The van der Waals surface area contributed by atoms with E-state index in [9.17, 15) is 4.79 Å². The van der Waals surface area contributed by atoms with Crippen LogP contribution in [0.1, 0.15) is 16.2 Å². The zero-order valence-electron chi connectivity index (χ0n) is 11.8. The number of aromatic amines is 1. The highest BCUT2D eigenvalue weighted by atomic mass is 35.5. The molecule has 0 aliphatic rings. The molecule has 0 aliphatic carbocycles. The van der Waals surface area contributed by atoms with E-state index in [1.165, 1.54) is 11.1 Å². The number of carbonyl (C=O) groups excluding carboxylic acids is 1. The maximum atomic E-state index is 11.9. The molecule has 1 heterocycles. The fraction of sp³-hybridized carbons (Fsp3) is 0.154. The molecule has 1 amide bonds. The van der Waals surface area contributed by atoms with Crippen LogP contribution in [0.5, 0.6) is 0 Å². The van der Waals surface area contributed by atoms with Gasteiger partial charge in [-0.3, -0.25) is 4.79 Å². The van der Waals surface area contributed by atoms with E-state index in [0.29, 0.717) is 16.3 Å². The van der Waals surface area contributed by atoms with Crippen molar-refractivity contribution in [3.8, 4) is 6.07 Å². The van der Waals surface area contributed by atoms with Crippen molar-refractivity contribution in [2.45, 2.75) is 0 Å². The summed E-state index contributed by atoms with van der Waals surface area (Å²) in [5.41, 5.74) is 1.23. The Hall–Kier alpha value is -2.92. The number of hydrogen-bond donors (Lipinski definition) is 2. The van der Waals surface area contributed by atoms with E-state index in [1.807, 2.05) is 6.07 Å². The Morgan fingerprint density at radius 3 is 2.82 bits per heavy atom. The molecule has 2 N–H and O–H groups in total. The largest absolute Gasteiger partial charge is 0.360 e. The van der Waals surface area contributed by atoms with Crippen molar-refractivity contribution in [2.75, 3.05) is 19.4 Å². The van der Waals surface area contributed by atoms with E-state index in [1.54, 1.807) is 32.3 Å². The molecule has 0 saturated heterocycles. The molecule has 0 fully saturated rings. The number of carbonyl (C=O) groups is 1. The molecule has 0 saturated carbocycles. The fourth-order valence-corrected chi connectivity index (χ4v) is 1.86. The quantitative estimate of drug-likeness (QED) is 0.827. The Morgan fingerprint density at radius 2 is 2.27 bits per heavy atom. The monoisotopic (exact) mass is 317 g/mol. The maximum Gasteiger partial charge on any atom is 0.254 e. The van der Waals surface area contributed by atoms with Gasteiger partial charge in [-0.25, -0.2) is 0 Å². The van der Waals surface area contributed by atoms with Gasteiger partial charge in [-0.2, -0.15) is 10.5 Å². The van der Waals surface area contributed by atoms with E-state index < -0.39 is 0 Å². The molecule has 0 atom stereocenters. The third-order valence-electron chi connectivity index (χ3n) is 2.70. The maximum absolute atomic E-state index is 11.9. The number of nitrogens with zero attached hydrogens (tertiary/aromatic N) is 5. The highest BCUT2D eigenvalue weighted by Gasteiger charge is 2.12. The molecule has 0 radical (unpaired) electrons. The number of benzene rings is 1. The molecule has 0 unspecified atom stereocenters. The molecular formula is C13H12ClN7O. The zero-order valence-corrected chi connectivity index (χ0v) is 12.6. The molecule has 8 nitrogen and oxygen atoms in total. The van der Waals surface area contributed by atoms with Crippen LogP contribution < -0.4 is 5.32 Å². The van der Waals surface area contributed by atoms with Crippen LogP contribution in [0.15, 0.2) is 24.4 Å². The van der Waals surface area contributed by atoms with Gasteiger partial charge in [0, 0.05) is 26.0 Å². The number of hydrogen-bond acceptors (Lipinski definition) is 6. The highest BCUT2D eigenvalue weighted by molar-refractivity contribution is 6.34. The summed E-state index contributed by atoms with van der Waals surface area (Å²) in [5, 5.41) is 25.4. The van der Waals surface area contributed by atoms with Crippen molar-refractivity contribution in [3.05, 3.63) is 40.8 Å². The summed E-state index contributed by atoms with van der Waals surface area (Å²) >= 11 is 6.10. The Kier molecular flexibility index (Phi) is 4.70. The van der Waals surface area contributed by atoms with Crippen LogP contribution in [-0.2, 0) is 0 Å². The SMILES string of the molecule is CN(C)C(=O)c1ccc(NC=C(C#N)c2nn[nH]n2)cc1Cl. The van der Waals surface area contributed by atoms with Gasteiger partial charge in [-0.15, -0.1) is 10.2 Å². The van der Waals surface area contributed by atoms with E-state index in [2.05, 4.69) is 25.9 Å². The lowest BCUT2D eigenvalue weighted by Crippen LogP contribution is -2.21. The Labute approximate surface area is 131 Å². The predicted octanol–water partition coefficient (Wildman–Crippen LogP) is 1.53. The molecule has 1 aromatic heterocycles. The number of nitrogens with one attached hydrogen (secondary N) is 2. The lowest BCUT2D eigenvalue weighted by molar-refractivity contribution is 0.0828. The van der Waals surface area contributed by atoms with Gasteiger partial charge in [0.2, 0.25) is 5.82 Å². The van der Waals surface area contributed by atoms with Gasteiger partial charge in [0.15, 0.2) is 0 Å². The number of amides is 1. The zero-order chi connectivity index (χ0) is 16.1. The summed E-state index contributed by atoms with van der Waals surface area (Å²) in [6.07, 6.45) is 1.43. The summed E-state index contributed by atoms with van der Waals surface area (Å²) in [7, 11) is 3.30. The van der Waals surface area contributed by atoms with Crippen LogP contribution in [0.4, 0.5) is 5.69 Å². The minimum absolute atomic E-state index is 0.181. The van der Waals surface area contributed by atoms with Crippen LogP contribution in [0.25, 0.3) is 5.57 Å². The average molecular weight is 318 g/mol. The molecule has 2 rings (SSSR count). The van der Waals surface area contributed by atoms with Crippen molar-refractivity contribution in [3.63, 3.8) is 0 Å². The number of allylic oxidation sites excluding steroid dienone is 1. The summed E-state index contributed by atoms with van der Waals surface area (Å²) < 4.78 is 0. The van der Waals surface area contributed by atoms with Crippen molar-refractivity contribution < 1.29 is 4.79 Å². The van der Waals surface area contributed by atoms with Gasteiger partial charge in [0.1, 0.15) is 11.6 Å². The second kappa shape index (κ2) is 6.69. The first-order chi connectivity index (χ1) is 10.5. The number of nitriles is 1. The second-order valence-electron chi connectivity index (χ2n) is 4.44. The smallest absolute Gasteiger partial charge is 0.254 e. The van der Waals surface area contributed by atoms with Crippen molar-refractivity contribution in [1.82, 2.24) is 25.5 Å². The third-order valence-corrected chi connectivity index (χ3v) is 3.01. The Bertz CT molecular complexity index is 746. The first kappa shape index (κ1) is 15.5. The van der Waals surface area contributed by atoms with Crippen molar-refractivity contribution >= 4 is 28.8 Å². The minimum Gasteiger partial charge on any atom is -0.360 e. The second-order valence-corrected chi connectivity index (χ2v) is 4.85. The van der Waals surface area contributed by atoms with Gasteiger partial charge in [0.05, 0.1) is 10.6 Å². The van der Waals surface area contributed by atoms with Crippen LogP contribution in [0.2, 0.25) is 5.02 Å². The number of halogens is 1. The Balaban J connectivity index is 2.20. The molecule has 0 spiro atoms. The average Bonchev–Trinajstić information content (AvgIpc) is 3.01. The molecule has 1 aromatic carbocycles. The lowest BCUT2D eigenvalue weighted by atomic mass is 10.2. The molecule has 0 aliphatic heterocycles. The number of tetrazole rings is 1. The highest BCUT2D eigenvalue weighted by Crippen LogP contribution is 2.22. The molecule has 0 bridgehead atoms. The number of anilines is 1. The van der Waals surface area contributed by atoms with Crippen LogP contribution in [-0.4, -0.2) is 45.5 Å². The standard InChI is InChI=1S/C13H12ClN7O/c1-21(2)13(22)10-4-3-9(5-11(10)14)16-7-8(6-15)12-17-19-20-18-12/h3-5,7,16H,1-2H3,(H,17,18,19,20). The number of aromatic nitrogens is 4.